The van der Waals surface area contributed by atoms with E-state index >= 15 is 0 Å². The van der Waals surface area contributed by atoms with Gasteiger partial charge < -0.3 is 9.47 Å². The Morgan fingerprint density at radius 2 is 1.61 bits per heavy atom. The second-order valence-electron chi connectivity index (χ2n) is 10.1. The van der Waals surface area contributed by atoms with Crippen molar-refractivity contribution in [3.05, 3.63) is 75.0 Å². The SMILES string of the molecule is COc1ccc(-c2sc3c(c2Cc2ccc(OCCN4CCCCC4)cc2)C(=O)CC(S(=O)(=O)C(F)(F)F)=C3)cc1. The minimum atomic E-state index is -5.62. The fourth-order valence-corrected chi connectivity index (χ4v) is 7.46. The van der Waals surface area contributed by atoms with Crippen molar-refractivity contribution < 1.29 is 35.9 Å². The van der Waals surface area contributed by atoms with Gasteiger partial charge in [-0.3, -0.25) is 9.69 Å². The van der Waals surface area contributed by atoms with Gasteiger partial charge in [-0.1, -0.05) is 18.6 Å². The second kappa shape index (κ2) is 12.0. The van der Waals surface area contributed by atoms with E-state index < -0.39 is 32.5 Å². The third-order valence-electron chi connectivity index (χ3n) is 7.37. The first kappa shape index (κ1) is 29.3. The Balaban J connectivity index is 1.44. The van der Waals surface area contributed by atoms with E-state index in [0.717, 1.165) is 53.9 Å². The monoisotopic (exact) mass is 605 g/mol. The number of piperidine rings is 1. The van der Waals surface area contributed by atoms with Crippen LogP contribution in [0.2, 0.25) is 0 Å². The Morgan fingerprint density at radius 3 is 2.24 bits per heavy atom. The maximum absolute atomic E-state index is 13.3. The summed E-state index contributed by atoms with van der Waals surface area (Å²) in [6, 6.07) is 14.7. The number of thiophene rings is 1. The first-order chi connectivity index (χ1) is 19.6. The van der Waals surface area contributed by atoms with E-state index in [1.807, 2.05) is 24.3 Å². The molecule has 11 heteroatoms. The van der Waals surface area contributed by atoms with Gasteiger partial charge >= 0.3 is 5.51 Å². The Bertz CT molecular complexity index is 1540. The standard InChI is InChI=1S/C30H30F3NO5S2/c1-38-22-11-7-21(8-12-22)29-25(28-26(35)18-24(19-27(28)40-29)41(36,37)30(31,32)33)17-20-5-9-23(10-6-20)39-16-15-34-13-3-2-4-14-34/h5-12,19H,2-4,13-18H2,1H3. The van der Waals surface area contributed by atoms with Crippen molar-refractivity contribution in [2.75, 3.05) is 33.4 Å². The van der Waals surface area contributed by atoms with Crippen LogP contribution in [-0.4, -0.2) is 58.0 Å². The van der Waals surface area contributed by atoms with Gasteiger partial charge in [0.2, 0.25) is 0 Å². The molecule has 0 N–H and O–H groups in total. The molecule has 0 spiro atoms. The summed E-state index contributed by atoms with van der Waals surface area (Å²) in [7, 11) is -4.08. The number of Topliss-reactive ketones (excluding diaryl/α,β-unsaturated/α-hetero) is 1. The maximum Gasteiger partial charge on any atom is 0.501 e. The van der Waals surface area contributed by atoms with E-state index in [0.29, 0.717) is 29.2 Å². The van der Waals surface area contributed by atoms with Crippen LogP contribution < -0.4 is 9.47 Å². The summed E-state index contributed by atoms with van der Waals surface area (Å²) in [5.41, 5.74) is -2.93. The van der Waals surface area contributed by atoms with Crippen LogP contribution in [0.15, 0.2) is 53.4 Å². The summed E-state index contributed by atoms with van der Waals surface area (Å²) in [5, 5.41) is 0. The fourth-order valence-electron chi connectivity index (χ4n) is 5.18. The number of fused-ring (bicyclic) bond motifs is 1. The Hall–Kier alpha value is -3.15. The summed E-state index contributed by atoms with van der Waals surface area (Å²) in [6.07, 6.45) is 4.23. The van der Waals surface area contributed by atoms with Crippen molar-refractivity contribution >= 4 is 33.0 Å². The van der Waals surface area contributed by atoms with Gasteiger partial charge in [-0.25, -0.2) is 8.42 Å². The summed E-state index contributed by atoms with van der Waals surface area (Å²) in [6.45, 7) is 3.65. The van der Waals surface area contributed by atoms with E-state index in [1.165, 1.54) is 26.4 Å². The molecule has 5 rings (SSSR count). The van der Waals surface area contributed by atoms with Gasteiger partial charge in [-0.2, -0.15) is 13.2 Å². The molecule has 2 aromatic carbocycles. The summed E-state index contributed by atoms with van der Waals surface area (Å²) in [4.78, 5) is 15.6. The van der Waals surface area contributed by atoms with E-state index in [9.17, 15) is 26.4 Å². The van der Waals surface area contributed by atoms with Gasteiger partial charge in [0.1, 0.15) is 18.1 Å². The largest absolute Gasteiger partial charge is 0.501 e. The number of methoxy groups -OCH3 is 1. The molecule has 0 saturated carbocycles. The molecule has 2 aliphatic rings. The van der Waals surface area contributed by atoms with Crippen molar-refractivity contribution in [2.24, 2.45) is 0 Å². The Morgan fingerprint density at radius 1 is 0.951 bits per heavy atom. The minimum Gasteiger partial charge on any atom is -0.497 e. The van der Waals surface area contributed by atoms with Crippen LogP contribution in [0, 0.1) is 0 Å². The number of halogens is 3. The summed E-state index contributed by atoms with van der Waals surface area (Å²) in [5.74, 6) is 0.713. The molecule has 1 aliphatic carbocycles. The number of hydrogen-bond acceptors (Lipinski definition) is 7. The van der Waals surface area contributed by atoms with Crippen molar-refractivity contribution in [1.82, 2.24) is 4.90 Å². The summed E-state index contributed by atoms with van der Waals surface area (Å²) < 4.78 is 75.2. The van der Waals surface area contributed by atoms with Crippen LogP contribution in [0.1, 0.15) is 52.0 Å². The summed E-state index contributed by atoms with van der Waals surface area (Å²) >= 11 is 1.11. The van der Waals surface area contributed by atoms with Crippen molar-refractivity contribution in [3.8, 4) is 21.9 Å². The molecule has 3 aromatic rings. The predicted molar refractivity (Wildman–Crippen MR) is 153 cm³/mol. The lowest BCUT2D eigenvalue weighted by molar-refractivity contribution is -0.0426. The number of likely N-dealkylation sites (tertiary alicyclic amines) is 1. The minimum absolute atomic E-state index is 0.211. The molecule has 0 bridgehead atoms. The van der Waals surface area contributed by atoms with Gasteiger partial charge in [-0.05, 0) is 91.5 Å². The van der Waals surface area contributed by atoms with Crippen LogP contribution in [0.4, 0.5) is 13.2 Å². The van der Waals surface area contributed by atoms with E-state index in [4.69, 9.17) is 9.47 Å². The molecule has 6 nitrogen and oxygen atoms in total. The molecule has 1 saturated heterocycles. The molecule has 0 atom stereocenters. The average Bonchev–Trinajstić information content (AvgIpc) is 3.32. The van der Waals surface area contributed by atoms with E-state index in [1.54, 1.807) is 24.3 Å². The van der Waals surface area contributed by atoms with Gasteiger partial charge in [0, 0.05) is 28.3 Å². The molecular weight excluding hydrogens is 575 g/mol. The average molecular weight is 606 g/mol. The van der Waals surface area contributed by atoms with Crippen molar-refractivity contribution in [1.29, 1.82) is 0 Å². The Labute approximate surface area is 241 Å². The number of nitrogens with zero attached hydrogens (tertiary/aromatic N) is 1. The van der Waals surface area contributed by atoms with E-state index in [2.05, 4.69) is 4.90 Å². The van der Waals surface area contributed by atoms with Crippen molar-refractivity contribution in [2.45, 2.75) is 37.6 Å². The number of carbonyl (C=O) groups excluding carboxylic acids is 1. The highest BCUT2D eigenvalue weighted by atomic mass is 32.2. The molecule has 218 valence electrons. The number of hydrogen-bond donors (Lipinski definition) is 0. The number of benzene rings is 2. The van der Waals surface area contributed by atoms with Crippen LogP contribution in [-0.2, 0) is 16.3 Å². The number of allylic oxidation sites excluding steroid dienone is 1. The molecule has 0 radical (unpaired) electrons. The van der Waals surface area contributed by atoms with Crippen LogP contribution >= 0.6 is 11.3 Å². The van der Waals surface area contributed by atoms with Crippen molar-refractivity contribution in [3.63, 3.8) is 0 Å². The van der Waals surface area contributed by atoms with Gasteiger partial charge in [0.05, 0.1) is 12.0 Å². The predicted octanol–water partition coefficient (Wildman–Crippen LogP) is 6.74. The number of ether oxygens (including phenoxy) is 2. The molecule has 1 aromatic heterocycles. The highest BCUT2D eigenvalue weighted by Gasteiger charge is 2.49. The van der Waals surface area contributed by atoms with E-state index in [-0.39, 0.29) is 10.4 Å². The van der Waals surface area contributed by atoms with Crippen LogP contribution in [0.5, 0.6) is 11.5 Å². The van der Waals surface area contributed by atoms with Crippen LogP contribution in [0.3, 0.4) is 0 Å². The molecule has 1 aliphatic heterocycles. The molecule has 0 amide bonds. The number of rotatable bonds is 9. The smallest absolute Gasteiger partial charge is 0.497 e. The molecule has 41 heavy (non-hydrogen) atoms. The van der Waals surface area contributed by atoms with Gasteiger partial charge in [0.25, 0.3) is 9.84 Å². The zero-order chi connectivity index (χ0) is 29.2. The number of ketones is 1. The zero-order valence-electron chi connectivity index (χ0n) is 22.5. The normalized spacial score (nSPS) is 16.3. The lowest BCUT2D eigenvalue weighted by Gasteiger charge is -2.26. The Kier molecular flexibility index (Phi) is 8.58. The molecule has 1 fully saturated rings. The molecule has 0 unspecified atom stereocenters. The third kappa shape index (κ3) is 6.37. The highest BCUT2D eigenvalue weighted by Crippen LogP contribution is 2.45. The molecule has 2 heterocycles. The lowest BCUT2D eigenvalue weighted by Crippen LogP contribution is -2.33. The lowest BCUT2D eigenvalue weighted by atomic mass is 9.92. The molecular formula is C30H30F3NO5S2. The number of carbonyl (C=O) groups is 1. The zero-order valence-corrected chi connectivity index (χ0v) is 24.1. The number of alkyl halides is 3. The first-order valence-corrected chi connectivity index (χ1v) is 15.7. The van der Waals surface area contributed by atoms with Gasteiger partial charge in [0.15, 0.2) is 5.78 Å². The maximum atomic E-state index is 13.3. The highest BCUT2D eigenvalue weighted by molar-refractivity contribution is 7.96. The second-order valence-corrected chi connectivity index (χ2v) is 13.2. The number of sulfone groups is 1. The first-order valence-electron chi connectivity index (χ1n) is 13.4. The fraction of sp³-hybridized carbons (Fsp3) is 0.367. The quantitative estimate of drug-likeness (QED) is 0.269. The van der Waals surface area contributed by atoms with Gasteiger partial charge in [-0.15, -0.1) is 11.3 Å². The topological polar surface area (TPSA) is 72.9 Å². The third-order valence-corrected chi connectivity index (χ3v) is 10.2. The van der Waals surface area contributed by atoms with Crippen LogP contribution in [0.25, 0.3) is 16.5 Å².